The van der Waals surface area contributed by atoms with Crippen molar-refractivity contribution in [3.8, 4) is 0 Å². The zero-order valence-corrected chi connectivity index (χ0v) is 28.6. The van der Waals surface area contributed by atoms with E-state index in [4.69, 9.17) is 9.47 Å². The molecule has 3 N–H and O–H groups in total. The Balaban J connectivity index is 0.00000315. The van der Waals surface area contributed by atoms with E-state index in [0.29, 0.717) is 24.5 Å². The lowest BCUT2D eigenvalue weighted by Gasteiger charge is -2.40. The highest BCUT2D eigenvalue weighted by atomic mass is 16.6. The molecule has 0 bridgehead atoms. The van der Waals surface area contributed by atoms with Crippen molar-refractivity contribution in [1.82, 2.24) is 4.90 Å². The number of ether oxygens (including phenoxy) is 3. The quantitative estimate of drug-likeness (QED) is 0.393. The van der Waals surface area contributed by atoms with Gasteiger partial charge in [0.2, 0.25) is 0 Å². The smallest absolute Gasteiger partial charge is 0.311 e. The summed E-state index contributed by atoms with van der Waals surface area (Å²) in [6, 6.07) is 0.422. The van der Waals surface area contributed by atoms with Gasteiger partial charge in [-0.1, -0.05) is 34.6 Å². The molecule has 0 aromatic carbocycles. The number of esters is 1. The van der Waals surface area contributed by atoms with Crippen LogP contribution in [-0.4, -0.2) is 103 Å². The van der Waals surface area contributed by atoms with Gasteiger partial charge in [0.05, 0.1) is 30.8 Å². The summed E-state index contributed by atoms with van der Waals surface area (Å²) in [6.07, 6.45) is 3.67. The van der Waals surface area contributed by atoms with E-state index in [2.05, 4.69) is 30.7 Å². The number of aliphatic hydroxyl groups excluding tert-OH is 2. The second-order valence-corrected chi connectivity index (χ2v) is 12.4. The van der Waals surface area contributed by atoms with Gasteiger partial charge in [-0.3, -0.25) is 9.59 Å². The van der Waals surface area contributed by atoms with Crippen molar-refractivity contribution in [1.29, 1.82) is 0 Å². The van der Waals surface area contributed by atoms with Crippen LogP contribution in [0.15, 0.2) is 11.6 Å². The van der Waals surface area contributed by atoms with Crippen LogP contribution in [0.1, 0.15) is 93.9 Å². The average molecular weight is 602 g/mol. The summed E-state index contributed by atoms with van der Waals surface area (Å²) < 4.78 is 16.2. The number of aliphatic hydroxyl groups is 3. The predicted molar refractivity (Wildman–Crippen MR) is 167 cm³/mol. The number of carbonyl (C=O) groups is 2. The molecule has 9 heteroatoms. The SMILES string of the molecule is CC.CC[C@H]1OC(=O)[C@H](C)[C@@H](O)[C@H](C)[C@@H](C[C@H]2C[C@@H](N(C)C)C[C@@H](C)O2)CC[C@@H](C)C(=O)/C(C)=C/[C@@]1(O)CO.COC. The molecule has 2 aliphatic rings. The summed E-state index contributed by atoms with van der Waals surface area (Å²) in [7, 11) is 7.43. The summed E-state index contributed by atoms with van der Waals surface area (Å²) in [6.45, 7) is 14.3. The molecule has 2 aliphatic heterocycles. The molecule has 0 aliphatic carbocycles. The molecule has 2 rings (SSSR count). The first-order chi connectivity index (χ1) is 19.6. The van der Waals surface area contributed by atoms with Crippen molar-refractivity contribution in [2.45, 2.75) is 130 Å². The summed E-state index contributed by atoms with van der Waals surface area (Å²) in [5.41, 5.74) is -1.54. The molecule has 0 spiro atoms. The largest absolute Gasteiger partial charge is 0.459 e. The zero-order valence-electron chi connectivity index (χ0n) is 28.6. The maximum Gasteiger partial charge on any atom is 0.311 e. The Morgan fingerprint density at radius 1 is 1.07 bits per heavy atom. The molecule has 0 aromatic heterocycles. The molecule has 0 saturated carbocycles. The summed E-state index contributed by atoms with van der Waals surface area (Å²) in [5.74, 6) is -2.05. The van der Waals surface area contributed by atoms with Crippen LogP contribution in [0.5, 0.6) is 0 Å². The standard InChI is InChI=1S/C29H51NO7.C2H6O.C2H6/c1-9-25-29(35,16-31)15-18(3)26(32)17(2)10-11-22(20(5)27(33)21(6)28(34)37-25)13-24-14-23(30(7)8)12-19(4)36-24;1-3-2;1-2/h15,17,19-25,27,31,33,35H,9-14,16H2,1-8H3;1-2H3;1-2H3/b18-15+;;/t17-,19-,20-,21-,22-,23+,24+,25-,27+,29-;;/m1../s1. The van der Waals surface area contributed by atoms with Crippen LogP contribution in [0, 0.1) is 23.7 Å². The molecule has 1 saturated heterocycles. The normalized spacial score (nSPS) is 38.1. The van der Waals surface area contributed by atoms with Crippen LogP contribution in [0.3, 0.4) is 0 Å². The fraction of sp³-hybridized carbons (Fsp3) is 0.879. The van der Waals surface area contributed by atoms with Gasteiger partial charge < -0.3 is 34.4 Å². The summed E-state index contributed by atoms with van der Waals surface area (Å²) in [5, 5.41) is 32.4. The number of methoxy groups -OCH3 is 1. The molecule has 1 fully saturated rings. The number of nitrogens with zero attached hydrogens (tertiary/aromatic N) is 1. The first-order valence-corrected chi connectivity index (χ1v) is 15.8. The van der Waals surface area contributed by atoms with Crippen LogP contribution in [-0.2, 0) is 23.8 Å². The van der Waals surface area contributed by atoms with Crippen LogP contribution in [0.4, 0.5) is 0 Å². The highest BCUT2D eigenvalue weighted by molar-refractivity contribution is 5.96. The maximum atomic E-state index is 13.2. The number of hydrogen-bond acceptors (Lipinski definition) is 9. The topological polar surface area (TPSA) is 126 Å². The second kappa shape index (κ2) is 19.8. The molecule has 248 valence electrons. The Kier molecular flexibility index (Phi) is 19.2. The van der Waals surface area contributed by atoms with Crippen LogP contribution in [0.2, 0.25) is 0 Å². The molecule has 0 radical (unpaired) electrons. The minimum Gasteiger partial charge on any atom is -0.459 e. The maximum absolute atomic E-state index is 13.2. The molecule has 9 nitrogen and oxygen atoms in total. The Labute approximate surface area is 256 Å². The van der Waals surface area contributed by atoms with Gasteiger partial charge >= 0.3 is 5.97 Å². The van der Waals surface area contributed by atoms with Crippen LogP contribution >= 0.6 is 0 Å². The number of cyclic esters (lactones) is 1. The van der Waals surface area contributed by atoms with Gasteiger partial charge in [-0.05, 0) is 96.9 Å². The van der Waals surface area contributed by atoms with Gasteiger partial charge in [-0.2, -0.15) is 0 Å². The third kappa shape index (κ3) is 12.0. The number of rotatable bonds is 5. The number of ketones is 1. The fourth-order valence-electron chi connectivity index (χ4n) is 6.06. The molecule has 0 aromatic rings. The monoisotopic (exact) mass is 601 g/mol. The van der Waals surface area contributed by atoms with Crippen molar-refractivity contribution >= 4 is 11.8 Å². The number of Topliss-reactive ketones (excluding diaryl/α,β-unsaturated/α-hetero) is 1. The number of carbonyl (C=O) groups excluding carboxylic acids is 2. The minimum atomic E-state index is -1.88. The zero-order chi connectivity index (χ0) is 32.8. The summed E-state index contributed by atoms with van der Waals surface area (Å²) >= 11 is 0. The van der Waals surface area contributed by atoms with Gasteiger partial charge in [-0.15, -0.1) is 0 Å². The molecule has 10 atom stereocenters. The van der Waals surface area contributed by atoms with E-state index >= 15 is 0 Å². The van der Waals surface area contributed by atoms with E-state index in [1.54, 1.807) is 35.0 Å². The lowest BCUT2D eigenvalue weighted by atomic mass is 9.75. The molecular formula is C33H63NO8. The first kappa shape index (κ1) is 40.6. The van der Waals surface area contributed by atoms with Crippen molar-refractivity contribution in [3.63, 3.8) is 0 Å². The van der Waals surface area contributed by atoms with Crippen LogP contribution in [0.25, 0.3) is 0 Å². The van der Waals surface area contributed by atoms with Gasteiger partial charge in [0, 0.05) is 26.2 Å². The van der Waals surface area contributed by atoms with Gasteiger partial charge in [-0.25, -0.2) is 0 Å². The number of allylic oxidation sites excluding steroid dienone is 1. The molecule has 0 unspecified atom stereocenters. The molecule has 2 heterocycles. The Bertz CT molecular complexity index is 818. The van der Waals surface area contributed by atoms with Gasteiger partial charge in [0.25, 0.3) is 0 Å². The lowest BCUT2D eigenvalue weighted by molar-refractivity contribution is -0.173. The lowest BCUT2D eigenvalue weighted by Crippen LogP contribution is -2.48. The third-order valence-electron chi connectivity index (χ3n) is 8.74. The number of hydrogen-bond donors (Lipinski definition) is 3. The van der Waals surface area contributed by atoms with E-state index in [9.17, 15) is 24.9 Å². The molecular weight excluding hydrogens is 538 g/mol. The average Bonchev–Trinajstić information content (AvgIpc) is 2.96. The van der Waals surface area contributed by atoms with E-state index in [-0.39, 0.29) is 42.2 Å². The van der Waals surface area contributed by atoms with Crippen LogP contribution < -0.4 is 0 Å². The first-order valence-electron chi connectivity index (χ1n) is 15.8. The molecule has 0 amide bonds. The highest BCUT2D eigenvalue weighted by Gasteiger charge is 2.41. The molecule has 42 heavy (non-hydrogen) atoms. The second-order valence-electron chi connectivity index (χ2n) is 12.4. The Morgan fingerprint density at radius 3 is 2.14 bits per heavy atom. The van der Waals surface area contributed by atoms with Crippen molar-refractivity contribution in [2.24, 2.45) is 23.7 Å². The van der Waals surface area contributed by atoms with Crippen molar-refractivity contribution < 1.29 is 39.1 Å². The Hall–Kier alpha value is -1.36. The van der Waals surface area contributed by atoms with E-state index < -0.39 is 36.3 Å². The highest BCUT2D eigenvalue weighted by Crippen LogP contribution is 2.36. The minimum absolute atomic E-state index is 0.0358. The van der Waals surface area contributed by atoms with E-state index in [0.717, 1.165) is 19.3 Å². The predicted octanol–water partition coefficient (Wildman–Crippen LogP) is 4.40. The Morgan fingerprint density at radius 2 is 1.64 bits per heavy atom. The van der Waals surface area contributed by atoms with Crippen molar-refractivity contribution in [2.75, 3.05) is 34.9 Å². The van der Waals surface area contributed by atoms with E-state index in [1.807, 2.05) is 27.7 Å². The van der Waals surface area contributed by atoms with Gasteiger partial charge in [0.1, 0.15) is 11.7 Å². The van der Waals surface area contributed by atoms with Crippen molar-refractivity contribution in [3.05, 3.63) is 11.6 Å². The van der Waals surface area contributed by atoms with Gasteiger partial charge in [0.15, 0.2) is 5.78 Å². The van der Waals surface area contributed by atoms with E-state index in [1.165, 1.54) is 6.08 Å². The fourth-order valence-corrected chi connectivity index (χ4v) is 6.06. The third-order valence-corrected chi connectivity index (χ3v) is 8.74. The summed E-state index contributed by atoms with van der Waals surface area (Å²) in [4.78, 5) is 28.5.